The Labute approximate surface area is 102 Å². The number of fused-ring (bicyclic) bond motifs is 1. The molecular weight excluding hydrogens is 240 g/mol. The molecule has 0 atom stereocenters. The highest BCUT2D eigenvalue weighted by Crippen LogP contribution is 2.34. The van der Waals surface area contributed by atoms with Crippen LogP contribution in [0.5, 0.6) is 0 Å². The van der Waals surface area contributed by atoms with Crippen LogP contribution in [0.2, 0.25) is 5.15 Å². The summed E-state index contributed by atoms with van der Waals surface area (Å²) in [6, 6.07) is 8.23. The molecule has 0 aliphatic heterocycles. The lowest BCUT2D eigenvalue weighted by molar-refractivity contribution is 1.29. The number of para-hydroxylation sites is 1. The van der Waals surface area contributed by atoms with Gasteiger partial charge >= 0.3 is 0 Å². The molecule has 0 radical (unpaired) electrons. The van der Waals surface area contributed by atoms with Gasteiger partial charge in [0.2, 0.25) is 0 Å². The van der Waals surface area contributed by atoms with Gasteiger partial charge in [-0.05, 0) is 13.0 Å². The van der Waals surface area contributed by atoms with Gasteiger partial charge in [-0.2, -0.15) is 0 Å². The van der Waals surface area contributed by atoms with E-state index < -0.39 is 0 Å². The predicted octanol–water partition coefficient (Wildman–Crippen LogP) is 4.25. The molecule has 0 fully saturated rings. The van der Waals surface area contributed by atoms with Crippen molar-refractivity contribution in [1.29, 1.82) is 0 Å². The maximum absolute atomic E-state index is 5.87. The second kappa shape index (κ2) is 3.61. The van der Waals surface area contributed by atoms with Crippen LogP contribution in [0.1, 0.15) is 5.69 Å². The summed E-state index contributed by atoms with van der Waals surface area (Å²) < 4.78 is 0. The molecule has 1 N–H and O–H groups in total. The van der Waals surface area contributed by atoms with Gasteiger partial charge in [-0.1, -0.05) is 29.8 Å². The molecule has 0 spiro atoms. The van der Waals surface area contributed by atoms with E-state index in [0.29, 0.717) is 5.15 Å². The molecule has 16 heavy (non-hydrogen) atoms. The van der Waals surface area contributed by atoms with Crippen molar-refractivity contribution < 1.29 is 0 Å². The highest BCUT2D eigenvalue weighted by Gasteiger charge is 2.12. The van der Waals surface area contributed by atoms with Crippen LogP contribution in [0.4, 0.5) is 0 Å². The summed E-state index contributed by atoms with van der Waals surface area (Å²) in [6.07, 6.45) is 0. The molecular formula is C12H9ClN2S. The minimum Gasteiger partial charge on any atom is -0.358 e. The van der Waals surface area contributed by atoms with Crippen molar-refractivity contribution in [3.63, 3.8) is 0 Å². The summed E-state index contributed by atoms with van der Waals surface area (Å²) in [5.41, 5.74) is 3.43. The van der Waals surface area contributed by atoms with E-state index >= 15 is 0 Å². The lowest BCUT2D eigenvalue weighted by Crippen LogP contribution is -1.77. The van der Waals surface area contributed by atoms with Crippen molar-refractivity contribution in [2.45, 2.75) is 6.92 Å². The summed E-state index contributed by atoms with van der Waals surface area (Å²) in [5.74, 6) is 0. The number of hydrogen-bond donors (Lipinski definition) is 1. The maximum Gasteiger partial charge on any atom is 0.140 e. The molecule has 2 heterocycles. The fraction of sp³-hybridized carbons (Fsp3) is 0.0833. The van der Waals surface area contributed by atoms with E-state index in [4.69, 9.17) is 11.6 Å². The molecule has 2 nitrogen and oxygen atoms in total. The van der Waals surface area contributed by atoms with Crippen molar-refractivity contribution in [1.82, 2.24) is 9.97 Å². The first kappa shape index (κ1) is 9.87. The van der Waals surface area contributed by atoms with Crippen molar-refractivity contribution in [3.8, 4) is 10.6 Å². The fourth-order valence-electron chi connectivity index (χ4n) is 1.92. The number of halogens is 1. The van der Waals surface area contributed by atoms with Gasteiger partial charge < -0.3 is 4.98 Å². The smallest absolute Gasteiger partial charge is 0.140 e. The van der Waals surface area contributed by atoms with E-state index in [2.05, 4.69) is 29.0 Å². The number of aromatic amines is 1. The Bertz CT molecular complexity index is 654. The van der Waals surface area contributed by atoms with Gasteiger partial charge in [0.1, 0.15) is 10.2 Å². The first-order valence-corrected chi connectivity index (χ1v) is 6.20. The summed E-state index contributed by atoms with van der Waals surface area (Å²) >= 11 is 7.44. The number of rotatable bonds is 1. The van der Waals surface area contributed by atoms with Crippen LogP contribution in [-0.2, 0) is 0 Å². The Balaban J connectivity index is 2.34. The van der Waals surface area contributed by atoms with Crippen LogP contribution in [0.25, 0.3) is 21.5 Å². The number of nitrogens with zero attached hydrogens (tertiary/aromatic N) is 1. The number of benzene rings is 1. The minimum atomic E-state index is 0.560. The first-order chi connectivity index (χ1) is 7.75. The van der Waals surface area contributed by atoms with E-state index in [-0.39, 0.29) is 0 Å². The Morgan fingerprint density at radius 2 is 2.12 bits per heavy atom. The predicted molar refractivity (Wildman–Crippen MR) is 69.2 cm³/mol. The molecule has 4 heteroatoms. The zero-order valence-corrected chi connectivity index (χ0v) is 10.2. The third-order valence-electron chi connectivity index (χ3n) is 2.58. The van der Waals surface area contributed by atoms with Gasteiger partial charge in [0.15, 0.2) is 0 Å². The molecule has 0 saturated heterocycles. The topological polar surface area (TPSA) is 28.7 Å². The Morgan fingerprint density at radius 3 is 2.88 bits per heavy atom. The largest absolute Gasteiger partial charge is 0.358 e. The van der Waals surface area contributed by atoms with Gasteiger partial charge in [0, 0.05) is 27.5 Å². The number of aromatic nitrogens is 2. The molecule has 0 saturated carbocycles. The SMILES string of the molecule is Cc1[nH]c2ccccc2c1-c1nc(Cl)cs1. The van der Waals surface area contributed by atoms with Crippen LogP contribution in [0, 0.1) is 6.92 Å². The van der Waals surface area contributed by atoms with Crippen molar-refractivity contribution in [2.75, 3.05) is 0 Å². The van der Waals surface area contributed by atoms with Gasteiger partial charge in [-0.15, -0.1) is 11.3 Å². The molecule has 2 aromatic heterocycles. The number of thiazole rings is 1. The van der Waals surface area contributed by atoms with E-state index in [0.717, 1.165) is 21.8 Å². The van der Waals surface area contributed by atoms with E-state index in [9.17, 15) is 0 Å². The zero-order valence-electron chi connectivity index (χ0n) is 8.62. The maximum atomic E-state index is 5.87. The Morgan fingerprint density at radius 1 is 1.31 bits per heavy atom. The molecule has 80 valence electrons. The number of aryl methyl sites for hydroxylation is 1. The van der Waals surface area contributed by atoms with Crippen LogP contribution >= 0.6 is 22.9 Å². The van der Waals surface area contributed by atoms with Crippen molar-refractivity contribution >= 4 is 33.8 Å². The lowest BCUT2D eigenvalue weighted by atomic mass is 10.1. The number of hydrogen-bond acceptors (Lipinski definition) is 2. The highest BCUT2D eigenvalue weighted by atomic mass is 35.5. The molecule has 0 unspecified atom stereocenters. The molecule has 0 amide bonds. The fourth-order valence-corrected chi connectivity index (χ4v) is 2.98. The third kappa shape index (κ3) is 1.44. The van der Waals surface area contributed by atoms with Crippen LogP contribution in [-0.4, -0.2) is 9.97 Å². The molecule has 3 rings (SSSR count). The quantitative estimate of drug-likeness (QED) is 0.685. The van der Waals surface area contributed by atoms with Gasteiger partial charge in [-0.3, -0.25) is 0 Å². The average Bonchev–Trinajstić information content (AvgIpc) is 2.80. The Kier molecular flexibility index (Phi) is 2.23. The monoisotopic (exact) mass is 248 g/mol. The van der Waals surface area contributed by atoms with Crippen molar-refractivity contribution in [2.24, 2.45) is 0 Å². The molecule has 0 bridgehead atoms. The van der Waals surface area contributed by atoms with E-state index in [1.54, 1.807) is 11.3 Å². The van der Waals surface area contributed by atoms with Gasteiger partial charge in [-0.25, -0.2) is 4.98 Å². The molecule has 3 aromatic rings. The van der Waals surface area contributed by atoms with Crippen LogP contribution < -0.4 is 0 Å². The molecule has 1 aromatic carbocycles. The number of H-pyrrole nitrogens is 1. The molecule has 0 aliphatic carbocycles. The first-order valence-electron chi connectivity index (χ1n) is 4.94. The summed E-state index contributed by atoms with van der Waals surface area (Å²) in [4.78, 5) is 7.69. The summed E-state index contributed by atoms with van der Waals surface area (Å²) in [7, 11) is 0. The number of nitrogens with one attached hydrogen (secondary N) is 1. The summed E-state index contributed by atoms with van der Waals surface area (Å²) in [6.45, 7) is 2.06. The van der Waals surface area contributed by atoms with E-state index in [1.165, 1.54) is 5.39 Å². The Hall–Kier alpha value is -1.32. The third-order valence-corrected chi connectivity index (χ3v) is 3.77. The van der Waals surface area contributed by atoms with Crippen LogP contribution in [0.3, 0.4) is 0 Å². The van der Waals surface area contributed by atoms with Gasteiger partial charge in [0.25, 0.3) is 0 Å². The highest BCUT2D eigenvalue weighted by molar-refractivity contribution is 7.13. The zero-order chi connectivity index (χ0) is 11.1. The van der Waals surface area contributed by atoms with Gasteiger partial charge in [0.05, 0.1) is 0 Å². The lowest BCUT2D eigenvalue weighted by Gasteiger charge is -1.95. The molecule has 0 aliphatic rings. The van der Waals surface area contributed by atoms with Crippen molar-refractivity contribution in [3.05, 3.63) is 40.5 Å². The van der Waals surface area contributed by atoms with E-state index in [1.807, 2.05) is 17.5 Å². The minimum absolute atomic E-state index is 0.560. The standard InChI is InChI=1S/C12H9ClN2S/c1-7-11(12-15-10(13)6-16-12)8-4-2-3-5-9(8)14-7/h2-6,14H,1H3. The average molecular weight is 249 g/mol. The summed E-state index contributed by atoms with van der Waals surface area (Å²) in [5, 5.41) is 4.59. The van der Waals surface area contributed by atoms with Crippen LogP contribution in [0.15, 0.2) is 29.6 Å². The normalized spacial score (nSPS) is 11.1. The second-order valence-corrected chi connectivity index (χ2v) is 4.89. The second-order valence-electron chi connectivity index (χ2n) is 3.65.